The third-order valence-corrected chi connectivity index (χ3v) is 3.99. The van der Waals surface area contributed by atoms with Gasteiger partial charge in [0.15, 0.2) is 0 Å². The third kappa shape index (κ3) is 4.38. The molecule has 1 aromatic heterocycles. The van der Waals surface area contributed by atoms with Crippen LogP contribution in [0, 0.1) is 0 Å². The van der Waals surface area contributed by atoms with E-state index in [1.807, 2.05) is 37.3 Å². The van der Waals surface area contributed by atoms with Crippen LogP contribution in [0.5, 0.6) is 5.75 Å². The Morgan fingerprint density at radius 1 is 1.07 bits per heavy atom. The Morgan fingerprint density at radius 3 is 2.56 bits per heavy atom. The van der Waals surface area contributed by atoms with Crippen LogP contribution >= 0.6 is 0 Å². The summed E-state index contributed by atoms with van der Waals surface area (Å²) < 4.78 is 11.0. The largest absolute Gasteiger partial charge is 0.494 e. The van der Waals surface area contributed by atoms with E-state index in [0.29, 0.717) is 22.9 Å². The molecule has 1 heterocycles. The Bertz CT molecular complexity index is 947. The van der Waals surface area contributed by atoms with E-state index in [2.05, 4.69) is 16.0 Å². The van der Waals surface area contributed by atoms with Gasteiger partial charge >= 0.3 is 6.03 Å². The second kappa shape index (κ2) is 7.82. The highest BCUT2D eigenvalue weighted by Crippen LogP contribution is 2.28. The molecule has 27 heavy (non-hydrogen) atoms. The van der Waals surface area contributed by atoms with Gasteiger partial charge in [0, 0.05) is 24.1 Å². The number of ether oxygens (including phenoxy) is 1. The second-order valence-corrected chi connectivity index (χ2v) is 6.10. The molecule has 7 heteroatoms. The Hall–Kier alpha value is -3.48. The van der Waals surface area contributed by atoms with Crippen molar-refractivity contribution in [2.45, 2.75) is 19.9 Å². The van der Waals surface area contributed by atoms with Gasteiger partial charge in [-0.25, -0.2) is 4.79 Å². The lowest BCUT2D eigenvalue weighted by Crippen LogP contribution is -2.30. The summed E-state index contributed by atoms with van der Waals surface area (Å²) in [4.78, 5) is 23.5. The first-order valence-electron chi connectivity index (χ1n) is 8.48. The Morgan fingerprint density at radius 2 is 1.85 bits per heavy atom. The summed E-state index contributed by atoms with van der Waals surface area (Å²) >= 11 is 0. The van der Waals surface area contributed by atoms with Gasteiger partial charge in [-0.15, -0.1) is 0 Å². The minimum absolute atomic E-state index is 0.202. The lowest BCUT2D eigenvalue weighted by molar-refractivity contribution is -0.114. The summed E-state index contributed by atoms with van der Waals surface area (Å²) in [7, 11) is 1.49. The number of para-hydroxylation sites is 1. The minimum atomic E-state index is -0.378. The van der Waals surface area contributed by atoms with Gasteiger partial charge in [-0.1, -0.05) is 18.2 Å². The van der Waals surface area contributed by atoms with E-state index >= 15 is 0 Å². The molecule has 0 saturated heterocycles. The maximum absolute atomic E-state index is 12.3. The number of rotatable bonds is 5. The van der Waals surface area contributed by atoms with Crippen LogP contribution in [0.3, 0.4) is 0 Å². The fourth-order valence-corrected chi connectivity index (χ4v) is 2.71. The third-order valence-electron chi connectivity index (χ3n) is 3.99. The molecular weight excluding hydrogens is 346 g/mol. The normalized spacial score (nSPS) is 11.7. The average Bonchev–Trinajstić information content (AvgIpc) is 3.07. The number of hydrogen-bond donors (Lipinski definition) is 3. The molecule has 0 fully saturated rings. The Balaban J connectivity index is 1.67. The SMILES string of the molecule is COc1cc(NC(=O)N[C@H](C)c2cc3ccccc3o2)ccc1NC(C)=O. The zero-order valence-corrected chi connectivity index (χ0v) is 15.3. The molecule has 3 aromatic rings. The van der Waals surface area contributed by atoms with Crippen molar-refractivity contribution < 1.29 is 18.7 Å². The van der Waals surface area contributed by atoms with E-state index in [-0.39, 0.29) is 18.0 Å². The van der Waals surface area contributed by atoms with E-state index in [0.717, 1.165) is 11.0 Å². The van der Waals surface area contributed by atoms with Crippen molar-refractivity contribution in [1.29, 1.82) is 0 Å². The van der Waals surface area contributed by atoms with Gasteiger partial charge in [0.25, 0.3) is 0 Å². The first kappa shape index (κ1) is 18.3. The lowest BCUT2D eigenvalue weighted by Gasteiger charge is -2.14. The molecule has 3 rings (SSSR count). The van der Waals surface area contributed by atoms with E-state index in [1.165, 1.54) is 14.0 Å². The quantitative estimate of drug-likeness (QED) is 0.627. The van der Waals surface area contributed by atoms with Crippen molar-refractivity contribution in [3.63, 3.8) is 0 Å². The van der Waals surface area contributed by atoms with Gasteiger partial charge in [0.05, 0.1) is 18.8 Å². The Labute approximate surface area is 156 Å². The first-order chi connectivity index (χ1) is 13.0. The van der Waals surface area contributed by atoms with Crippen LogP contribution in [0.25, 0.3) is 11.0 Å². The topological polar surface area (TPSA) is 92.6 Å². The maximum Gasteiger partial charge on any atom is 0.319 e. The highest BCUT2D eigenvalue weighted by atomic mass is 16.5. The molecular formula is C20H21N3O4. The van der Waals surface area contributed by atoms with Crippen molar-refractivity contribution >= 4 is 34.3 Å². The molecule has 0 bridgehead atoms. The number of carbonyl (C=O) groups excluding carboxylic acids is 2. The fraction of sp³-hybridized carbons (Fsp3) is 0.200. The number of fused-ring (bicyclic) bond motifs is 1. The van der Waals surface area contributed by atoms with E-state index in [1.54, 1.807) is 18.2 Å². The van der Waals surface area contributed by atoms with E-state index in [4.69, 9.17) is 9.15 Å². The molecule has 1 atom stereocenters. The summed E-state index contributed by atoms with van der Waals surface area (Å²) in [6.07, 6.45) is 0. The summed E-state index contributed by atoms with van der Waals surface area (Å²) in [6, 6.07) is 13.9. The van der Waals surface area contributed by atoms with Crippen LogP contribution in [0.4, 0.5) is 16.2 Å². The molecule has 0 unspecified atom stereocenters. The Kier molecular flexibility index (Phi) is 5.30. The second-order valence-electron chi connectivity index (χ2n) is 6.10. The number of nitrogens with one attached hydrogen (secondary N) is 3. The lowest BCUT2D eigenvalue weighted by atomic mass is 10.2. The standard InChI is InChI=1S/C20H21N3O4/c1-12(18-10-14-6-4-5-7-17(14)27-18)21-20(25)23-15-8-9-16(22-13(2)24)19(11-15)26-3/h4-12H,1-3H3,(H,22,24)(H2,21,23,25)/t12-/m1/s1. The average molecular weight is 367 g/mol. The van der Waals surface area contributed by atoms with Crippen molar-refractivity contribution in [3.05, 3.63) is 54.3 Å². The van der Waals surface area contributed by atoms with Gasteiger partial charge in [0.1, 0.15) is 17.1 Å². The van der Waals surface area contributed by atoms with Gasteiger partial charge in [-0.3, -0.25) is 4.79 Å². The first-order valence-corrected chi connectivity index (χ1v) is 8.48. The van der Waals surface area contributed by atoms with Crippen LogP contribution in [-0.4, -0.2) is 19.0 Å². The number of urea groups is 1. The van der Waals surface area contributed by atoms with Crippen molar-refractivity contribution in [3.8, 4) is 5.75 Å². The zero-order chi connectivity index (χ0) is 19.4. The number of methoxy groups -OCH3 is 1. The monoisotopic (exact) mass is 367 g/mol. The molecule has 2 aromatic carbocycles. The molecule has 7 nitrogen and oxygen atoms in total. The molecule has 140 valence electrons. The van der Waals surface area contributed by atoms with Crippen molar-refractivity contribution in [1.82, 2.24) is 5.32 Å². The molecule has 0 saturated carbocycles. The predicted octanol–water partition coefficient (Wildman–Crippen LogP) is 4.28. The maximum atomic E-state index is 12.3. The van der Waals surface area contributed by atoms with E-state index < -0.39 is 0 Å². The molecule has 0 aliphatic heterocycles. The number of benzene rings is 2. The molecule has 3 N–H and O–H groups in total. The summed E-state index contributed by atoms with van der Waals surface area (Å²) in [5, 5.41) is 9.24. The number of hydrogen-bond acceptors (Lipinski definition) is 4. The van der Waals surface area contributed by atoms with Crippen LogP contribution in [0.1, 0.15) is 25.6 Å². The smallest absolute Gasteiger partial charge is 0.319 e. The van der Waals surface area contributed by atoms with Crippen LogP contribution in [0.2, 0.25) is 0 Å². The number of carbonyl (C=O) groups is 2. The molecule has 0 aliphatic rings. The summed E-state index contributed by atoms with van der Waals surface area (Å²) in [5.41, 5.74) is 1.85. The van der Waals surface area contributed by atoms with Gasteiger partial charge in [-0.2, -0.15) is 0 Å². The van der Waals surface area contributed by atoms with Crippen LogP contribution in [-0.2, 0) is 4.79 Å². The highest BCUT2D eigenvalue weighted by molar-refractivity contribution is 5.93. The van der Waals surface area contributed by atoms with Gasteiger partial charge < -0.3 is 25.1 Å². The zero-order valence-electron chi connectivity index (χ0n) is 15.3. The van der Waals surface area contributed by atoms with Crippen molar-refractivity contribution in [2.24, 2.45) is 0 Å². The van der Waals surface area contributed by atoms with Gasteiger partial charge in [0.2, 0.25) is 5.91 Å². The van der Waals surface area contributed by atoms with Crippen LogP contribution in [0.15, 0.2) is 52.9 Å². The fourth-order valence-electron chi connectivity index (χ4n) is 2.71. The van der Waals surface area contributed by atoms with Crippen molar-refractivity contribution in [2.75, 3.05) is 17.7 Å². The number of furan rings is 1. The molecule has 0 spiro atoms. The number of amides is 3. The van der Waals surface area contributed by atoms with Gasteiger partial charge in [-0.05, 0) is 31.2 Å². The molecule has 0 aliphatic carbocycles. The highest BCUT2D eigenvalue weighted by Gasteiger charge is 2.15. The summed E-state index contributed by atoms with van der Waals surface area (Å²) in [5.74, 6) is 0.921. The number of anilines is 2. The minimum Gasteiger partial charge on any atom is -0.494 e. The predicted molar refractivity (Wildman–Crippen MR) is 104 cm³/mol. The molecule has 0 radical (unpaired) electrons. The molecule has 3 amide bonds. The van der Waals surface area contributed by atoms with E-state index in [9.17, 15) is 9.59 Å². The van der Waals surface area contributed by atoms with Crippen LogP contribution < -0.4 is 20.7 Å². The summed E-state index contributed by atoms with van der Waals surface area (Å²) in [6.45, 7) is 3.26.